The molecule has 0 spiro atoms. The molecule has 0 aromatic carbocycles. The smallest absolute Gasteiger partial charge is 0.244 e. The summed E-state index contributed by atoms with van der Waals surface area (Å²) in [5, 5.41) is 8.63. The van der Waals surface area contributed by atoms with Gasteiger partial charge in [-0.1, -0.05) is 31.7 Å². The molecular weight excluding hydrogens is 448 g/mol. The van der Waals surface area contributed by atoms with Crippen LogP contribution in [0.4, 0.5) is 11.6 Å². The lowest BCUT2D eigenvalue weighted by Gasteiger charge is -2.25. The van der Waals surface area contributed by atoms with Crippen LogP contribution in [0.1, 0.15) is 25.1 Å². The number of pyridine rings is 2. The predicted molar refractivity (Wildman–Crippen MR) is 129 cm³/mol. The van der Waals surface area contributed by atoms with Crippen molar-refractivity contribution in [3.05, 3.63) is 54.0 Å². The predicted octanol–water partition coefficient (Wildman–Crippen LogP) is 3.29. The largest absolute Gasteiger partial charge is 0.366 e. The first-order chi connectivity index (χ1) is 15.2. The molecule has 2 atom stereocenters. The fourth-order valence-electron chi connectivity index (χ4n) is 3.08. The van der Waals surface area contributed by atoms with Gasteiger partial charge in [0.25, 0.3) is 0 Å². The van der Waals surface area contributed by atoms with Crippen LogP contribution in [0.3, 0.4) is 0 Å². The maximum atomic E-state index is 12.4. The van der Waals surface area contributed by atoms with Gasteiger partial charge in [-0.25, -0.2) is 9.97 Å². The van der Waals surface area contributed by atoms with E-state index in [9.17, 15) is 9.59 Å². The molecule has 0 aliphatic carbocycles. The molecule has 0 bridgehead atoms. The third-order valence-electron chi connectivity index (χ3n) is 4.79. The van der Waals surface area contributed by atoms with Gasteiger partial charge in [0, 0.05) is 12.4 Å². The standard InChI is InChI=1S/C22H27ClN6O2S/c1-13(2)20(21(23)31)28-19(30)12-29(4)22-25-11-16(32-22)15-6-5-7-17(26-15)27-18-10-14(3)8-9-24-18/h5-11,13,20,22,25H,12H2,1-4H3,(H,28,30)(H,24,26,27)/t20-,22-/m0/s1. The molecule has 0 unspecified atom stereocenters. The summed E-state index contributed by atoms with van der Waals surface area (Å²) in [5.74, 6) is 1.10. The summed E-state index contributed by atoms with van der Waals surface area (Å²) in [7, 11) is 1.84. The first-order valence-corrected chi connectivity index (χ1v) is 11.5. The quantitative estimate of drug-likeness (QED) is 0.476. The number of hydrogen-bond donors (Lipinski definition) is 3. The molecule has 0 fully saturated rings. The normalized spacial score (nSPS) is 16.5. The fourth-order valence-corrected chi connectivity index (χ4v) is 4.39. The molecule has 10 heteroatoms. The Morgan fingerprint density at radius 2 is 2.06 bits per heavy atom. The number of aryl methyl sites for hydroxylation is 1. The maximum Gasteiger partial charge on any atom is 0.244 e. The van der Waals surface area contributed by atoms with Crippen molar-refractivity contribution in [3.8, 4) is 0 Å². The average molecular weight is 475 g/mol. The van der Waals surface area contributed by atoms with Crippen LogP contribution in [0.2, 0.25) is 0 Å². The van der Waals surface area contributed by atoms with E-state index < -0.39 is 11.3 Å². The van der Waals surface area contributed by atoms with Crippen LogP contribution < -0.4 is 16.0 Å². The lowest BCUT2D eigenvalue weighted by molar-refractivity contribution is -0.126. The van der Waals surface area contributed by atoms with Crippen LogP contribution in [0.25, 0.3) is 4.91 Å². The first-order valence-electron chi connectivity index (χ1n) is 10.2. The molecule has 0 saturated carbocycles. The lowest BCUT2D eigenvalue weighted by atomic mass is 10.1. The van der Waals surface area contributed by atoms with Crippen LogP contribution in [0.15, 0.2) is 42.7 Å². The number of carbonyl (C=O) groups is 2. The molecule has 8 nitrogen and oxygen atoms in total. The van der Waals surface area contributed by atoms with Crippen LogP contribution >= 0.6 is 23.4 Å². The molecule has 2 aromatic heterocycles. The topological polar surface area (TPSA) is 99.3 Å². The van der Waals surface area contributed by atoms with Crippen LogP contribution in [0, 0.1) is 12.8 Å². The number of likely N-dealkylation sites (N-methyl/N-ethyl adjacent to an activating group) is 1. The Morgan fingerprint density at radius 1 is 1.28 bits per heavy atom. The number of amides is 1. The van der Waals surface area contributed by atoms with Gasteiger partial charge in [0.15, 0.2) is 0 Å². The number of nitrogens with one attached hydrogen (secondary N) is 3. The number of thioether (sulfide) groups is 1. The van der Waals surface area contributed by atoms with Gasteiger partial charge in [-0.3, -0.25) is 14.5 Å². The van der Waals surface area contributed by atoms with Crippen molar-refractivity contribution in [2.45, 2.75) is 32.3 Å². The summed E-state index contributed by atoms with van der Waals surface area (Å²) in [6.45, 7) is 5.80. The summed E-state index contributed by atoms with van der Waals surface area (Å²) in [6, 6.07) is 8.95. The Morgan fingerprint density at radius 3 is 2.75 bits per heavy atom. The zero-order valence-corrected chi connectivity index (χ0v) is 20.0. The molecule has 1 aliphatic rings. The number of nitrogens with zero attached hydrogens (tertiary/aromatic N) is 3. The van der Waals surface area contributed by atoms with E-state index in [1.807, 2.05) is 69.3 Å². The number of hydrogen-bond acceptors (Lipinski definition) is 8. The monoisotopic (exact) mass is 474 g/mol. The minimum atomic E-state index is -0.697. The maximum absolute atomic E-state index is 12.4. The van der Waals surface area contributed by atoms with Gasteiger partial charge < -0.3 is 16.0 Å². The summed E-state index contributed by atoms with van der Waals surface area (Å²) in [6.07, 6.45) is 3.64. The summed E-state index contributed by atoms with van der Waals surface area (Å²) < 4.78 is 0. The van der Waals surface area contributed by atoms with E-state index in [2.05, 4.69) is 25.9 Å². The molecule has 1 aliphatic heterocycles. The highest BCUT2D eigenvalue weighted by Gasteiger charge is 2.27. The molecule has 0 saturated heterocycles. The average Bonchev–Trinajstić information content (AvgIpc) is 3.22. The molecule has 0 radical (unpaired) electrons. The van der Waals surface area contributed by atoms with E-state index in [1.165, 1.54) is 0 Å². The van der Waals surface area contributed by atoms with Crippen molar-refractivity contribution in [1.29, 1.82) is 0 Å². The second-order valence-electron chi connectivity index (χ2n) is 7.91. The lowest BCUT2D eigenvalue weighted by Crippen LogP contribution is -2.48. The van der Waals surface area contributed by atoms with E-state index >= 15 is 0 Å². The SMILES string of the molecule is Cc1ccnc(Nc2cccc(C3=CN[C@@H](N(C)CC(=O)N[C@H](C(=O)Cl)C(C)C)S3)n2)c1. The highest BCUT2D eigenvalue weighted by atomic mass is 35.5. The molecular formula is C22H27ClN6O2S. The summed E-state index contributed by atoms with van der Waals surface area (Å²) in [5.41, 5.74) is 1.78. The number of carbonyl (C=O) groups excluding carboxylic acids is 2. The number of aromatic nitrogens is 2. The molecule has 3 N–H and O–H groups in total. The zero-order chi connectivity index (χ0) is 23.3. The van der Waals surface area contributed by atoms with Crippen molar-refractivity contribution in [1.82, 2.24) is 25.5 Å². The molecule has 32 heavy (non-hydrogen) atoms. The summed E-state index contributed by atoms with van der Waals surface area (Å²) >= 11 is 7.16. The van der Waals surface area contributed by atoms with Gasteiger partial charge in [0.05, 0.1) is 17.1 Å². The van der Waals surface area contributed by atoms with Crippen molar-refractivity contribution >= 4 is 51.1 Å². The van der Waals surface area contributed by atoms with E-state index in [0.29, 0.717) is 5.82 Å². The Kier molecular flexibility index (Phi) is 8.11. The van der Waals surface area contributed by atoms with Crippen molar-refractivity contribution in [2.75, 3.05) is 18.9 Å². The highest BCUT2D eigenvalue weighted by Crippen LogP contribution is 2.34. The minimum absolute atomic E-state index is 0.0801. The first kappa shape index (κ1) is 24.0. The third kappa shape index (κ3) is 6.44. The Balaban J connectivity index is 1.58. The Labute approximate surface area is 197 Å². The minimum Gasteiger partial charge on any atom is -0.366 e. The van der Waals surface area contributed by atoms with Crippen molar-refractivity contribution < 1.29 is 9.59 Å². The van der Waals surface area contributed by atoms with Gasteiger partial charge in [-0.2, -0.15) is 0 Å². The van der Waals surface area contributed by atoms with Crippen LogP contribution in [-0.4, -0.2) is 51.1 Å². The second kappa shape index (κ2) is 10.8. The van der Waals surface area contributed by atoms with Gasteiger partial charge in [-0.05, 0) is 61.3 Å². The summed E-state index contributed by atoms with van der Waals surface area (Å²) in [4.78, 5) is 35.7. The van der Waals surface area contributed by atoms with Gasteiger partial charge in [0.2, 0.25) is 11.1 Å². The van der Waals surface area contributed by atoms with Gasteiger partial charge in [0.1, 0.15) is 23.2 Å². The van der Waals surface area contributed by atoms with E-state index in [0.717, 1.165) is 22.0 Å². The highest BCUT2D eigenvalue weighted by molar-refractivity contribution is 8.09. The molecule has 2 aromatic rings. The number of rotatable bonds is 9. The van der Waals surface area contributed by atoms with Crippen LogP contribution in [0.5, 0.6) is 0 Å². The molecule has 3 rings (SSSR count). The van der Waals surface area contributed by atoms with E-state index in [1.54, 1.807) is 18.0 Å². The van der Waals surface area contributed by atoms with Crippen molar-refractivity contribution in [3.63, 3.8) is 0 Å². The molecule has 1 amide bonds. The third-order valence-corrected chi connectivity index (χ3v) is 6.32. The van der Waals surface area contributed by atoms with E-state index in [4.69, 9.17) is 11.6 Å². The second-order valence-corrected chi connectivity index (χ2v) is 9.40. The zero-order valence-electron chi connectivity index (χ0n) is 18.4. The van der Waals surface area contributed by atoms with Gasteiger partial charge >= 0.3 is 0 Å². The number of halogens is 1. The van der Waals surface area contributed by atoms with Crippen molar-refractivity contribution in [2.24, 2.45) is 5.92 Å². The molecule has 3 heterocycles. The fraction of sp³-hybridized carbons (Fsp3) is 0.364. The Hall–Kier alpha value is -2.62. The van der Waals surface area contributed by atoms with Gasteiger partial charge in [-0.15, -0.1) is 0 Å². The molecule has 170 valence electrons. The Bertz CT molecular complexity index is 1020. The van der Waals surface area contributed by atoms with Crippen LogP contribution in [-0.2, 0) is 9.59 Å². The number of anilines is 2. The van der Waals surface area contributed by atoms with E-state index in [-0.39, 0.29) is 23.9 Å².